The number of hydrogen-bond donors (Lipinski definition) is 1. The third-order valence-electron chi connectivity index (χ3n) is 13.0. The van der Waals surface area contributed by atoms with Gasteiger partial charge in [-0.1, -0.05) is 62.3 Å². The molecule has 0 aliphatic heterocycles. The van der Waals surface area contributed by atoms with Gasteiger partial charge in [0.1, 0.15) is 0 Å². The monoisotopic (exact) mass is 416 g/mol. The standard InChI is InChI=1S/C29H52O/c1-18(2)21-10-11-23-24-14-15-27(7,20(4)28(24,8)16-17-29(21,23)9)22-12-13-25(30)26(5,6)19(22)3/h18-25,30H,10-17H2,1-9H3. The molecule has 30 heavy (non-hydrogen) atoms. The highest BCUT2D eigenvalue weighted by molar-refractivity contribution is 5.13. The summed E-state index contributed by atoms with van der Waals surface area (Å²) in [5.74, 6) is 5.80. The van der Waals surface area contributed by atoms with Crippen LogP contribution in [-0.2, 0) is 0 Å². The summed E-state index contributed by atoms with van der Waals surface area (Å²) in [6.07, 6.45) is 10.8. The van der Waals surface area contributed by atoms with Gasteiger partial charge in [0.25, 0.3) is 0 Å². The highest BCUT2D eigenvalue weighted by atomic mass is 16.3. The second kappa shape index (κ2) is 7.23. The average molecular weight is 417 g/mol. The molecule has 4 rings (SSSR count). The van der Waals surface area contributed by atoms with Gasteiger partial charge in [-0.15, -0.1) is 0 Å². The summed E-state index contributed by atoms with van der Waals surface area (Å²) in [5.41, 5.74) is 1.56. The molecule has 0 heterocycles. The highest BCUT2D eigenvalue weighted by Crippen LogP contribution is 2.71. The van der Waals surface area contributed by atoms with Crippen molar-refractivity contribution in [2.75, 3.05) is 0 Å². The molecule has 1 nitrogen and oxygen atoms in total. The second-order valence-electron chi connectivity index (χ2n) is 14.2. The fourth-order valence-corrected chi connectivity index (χ4v) is 10.3. The van der Waals surface area contributed by atoms with Gasteiger partial charge in [-0.25, -0.2) is 0 Å². The number of hydrogen-bond acceptors (Lipinski definition) is 1. The van der Waals surface area contributed by atoms with E-state index in [4.69, 9.17) is 0 Å². The van der Waals surface area contributed by atoms with Gasteiger partial charge in [-0.3, -0.25) is 0 Å². The molecule has 0 aromatic carbocycles. The zero-order valence-electron chi connectivity index (χ0n) is 21.7. The first-order chi connectivity index (χ1) is 13.8. The van der Waals surface area contributed by atoms with E-state index in [0.29, 0.717) is 22.2 Å². The SMILES string of the molecule is CC(C)C1CCC2C3CCC(C)(C4CCC(O)C(C)(C)C4C)C(C)C3(C)CCC12C. The van der Waals surface area contributed by atoms with Crippen LogP contribution in [0.25, 0.3) is 0 Å². The molecule has 0 aromatic heterocycles. The zero-order chi connectivity index (χ0) is 22.3. The molecule has 0 saturated heterocycles. The summed E-state index contributed by atoms with van der Waals surface area (Å²) in [5, 5.41) is 10.7. The van der Waals surface area contributed by atoms with Crippen molar-refractivity contribution in [2.24, 2.45) is 63.1 Å². The number of aliphatic hydroxyl groups excluding tert-OH is 1. The molecule has 4 aliphatic carbocycles. The Morgan fingerprint density at radius 3 is 1.83 bits per heavy atom. The molecule has 10 atom stereocenters. The van der Waals surface area contributed by atoms with E-state index in [2.05, 4.69) is 62.3 Å². The van der Waals surface area contributed by atoms with Crippen LogP contribution < -0.4 is 0 Å². The first-order valence-corrected chi connectivity index (χ1v) is 13.5. The molecular weight excluding hydrogens is 364 g/mol. The Morgan fingerprint density at radius 2 is 1.20 bits per heavy atom. The van der Waals surface area contributed by atoms with Crippen molar-refractivity contribution in [3.05, 3.63) is 0 Å². The van der Waals surface area contributed by atoms with Crippen molar-refractivity contribution in [2.45, 2.75) is 120 Å². The summed E-state index contributed by atoms with van der Waals surface area (Å²) in [4.78, 5) is 0. The van der Waals surface area contributed by atoms with Gasteiger partial charge < -0.3 is 5.11 Å². The normalized spacial score (nSPS) is 55.9. The van der Waals surface area contributed by atoms with Crippen LogP contribution in [0.1, 0.15) is 114 Å². The van der Waals surface area contributed by atoms with Gasteiger partial charge >= 0.3 is 0 Å². The topological polar surface area (TPSA) is 20.2 Å². The van der Waals surface area contributed by atoms with E-state index < -0.39 is 0 Å². The van der Waals surface area contributed by atoms with Gasteiger partial charge in [0.15, 0.2) is 0 Å². The van der Waals surface area contributed by atoms with Crippen LogP contribution in [0, 0.1) is 63.1 Å². The van der Waals surface area contributed by atoms with Gasteiger partial charge in [-0.2, -0.15) is 0 Å². The lowest BCUT2D eigenvalue weighted by Gasteiger charge is -2.66. The maximum Gasteiger partial charge on any atom is 0.0593 e. The van der Waals surface area contributed by atoms with Crippen LogP contribution in [-0.4, -0.2) is 11.2 Å². The molecule has 4 aliphatic rings. The van der Waals surface area contributed by atoms with Crippen molar-refractivity contribution in [1.29, 1.82) is 0 Å². The summed E-state index contributed by atoms with van der Waals surface area (Å²) in [6, 6.07) is 0. The van der Waals surface area contributed by atoms with Crippen LogP contribution >= 0.6 is 0 Å². The van der Waals surface area contributed by atoms with E-state index in [9.17, 15) is 5.11 Å². The first-order valence-electron chi connectivity index (χ1n) is 13.5. The minimum Gasteiger partial charge on any atom is -0.393 e. The Kier molecular flexibility index (Phi) is 5.57. The molecule has 0 spiro atoms. The molecule has 1 heteroatoms. The van der Waals surface area contributed by atoms with Gasteiger partial charge in [0, 0.05) is 0 Å². The quantitative estimate of drug-likeness (QED) is 0.484. The lowest BCUT2D eigenvalue weighted by Crippen LogP contribution is -2.59. The van der Waals surface area contributed by atoms with Crippen molar-refractivity contribution in [3.63, 3.8) is 0 Å². The Labute approximate surface area is 188 Å². The molecule has 10 unspecified atom stereocenters. The Bertz CT molecular complexity index is 651. The number of fused-ring (bicyclic) bond motifs is 3. The molecule has 0 amide bonds. The van der Waals surface area contributed by atoms with Crippen LogP contribution in [0.4, 0.5) is 0 Å². The van der Waals surface area contributed by atoms with Crippen LogP contribution in [0.3, 0.4) is 0 Å². The van der Waals surface area contributed by atoms with Crippen molar-refractivity contribution >= 4 is 0 Å². The van der Waals surface area contributed by atoms with E-state index in [1.54, 1.807) is 0 Å². The number of aliphatic hydroxyl groups is 1. The molecule has 1 N–H and O–H groups in total. The number of rotatable bonds is 2. The molecule has 0 radical (unpaired) electrons. The zero-order valence-corrected chi connectivity index (χ0v) is 21.7. The Balaban J connectivity index is 1.62. The second-order valence-corrected chi connectivity index (χ2v) is 14.2. The molecule has 4 saturated carbocycles. The summed E-state index contributed by atoms with van der Waals surface area (Å²) in [7, 11) is 0. The minimum absolute atomic E-state index is 0.0461. The van der Waals surface area contributed by atoms with E-state index in [0.717, 1.165) is 41.9 Å². The molecular formula is C29H52O. The molecule has 0 aromatic rings. The van der Waals surface area contributed by atoms with E-state index in [1.807, 2.05) is 0 Å². The van der Waals surface area contributed by atoms with Crippen molar-refractivity contribution < 1.29 is 5.11 Å². The first kappa shape index (κ1) is 23.1. The lowest BCUT2D eigenvalue weighted by atomic mass is 9.39. The summed E-state index contributed by atoms with van der Waals surface area (Å²) < 4.78 is 0. The van der Waals surface area contributed by atoms with Crippen molar-refractivity contribution in [1.82, 2.24) is 0 Å². The predicted octanol–water partition coefficient (Wildman–Crippen LogP) is 7.96. The lowest BCUT2D eigenvalue weighted by molar-refractivity contribution is -0.178. The highest BCUT2D eigenvalue weighted by Gasteiger charge is 2.64. The van der Waals surface area contributed by atoms with E-state index in [1.165, 1.54) is 44.9 Å². The van der Waals surface area contributed by atoms with Gasteiger partial charge in [0.05, 0.1) is 6.10 Å². The third kappa shape index (κ3) is 2.95. The fourth-order valence-electron chi connectivity index (χ4n) is 10.3. The van der Waals surface area contributed by atoms with Crippen molar-refractivity contribution in [3.8, 4) is 0 Å². The van der Waals surface area contributed by atoms with Crippen LogP contribution in [0.15, 0.2) is 0 Å². The summed E-state index contributed by atoms with van der Waals surface area (Å²) >= 11 is 0. The maximum atomic E-state index is 10.7. The maximum absolute atomic E-state index is 10.7. The van der Waals surface area contributed by atoms with E-state index >= 15 is 0 Å². The summed E-state index contributed by atoms with van der Waals surface area (Å²) in [6.45, 7) is 22.8. The third-order valence-corrected chi connectivity index (χ3v) is 13.0. The molecule has 4 fully saturated rings. The minimum atomic E-state index is -0.128. The van der Waals surface area contributed by atoms with Gasteiger partial charge in [-0.05, 0) is 114 Å². The predicted molar refractivity (Wildman–Crippen MR) is 128 cm³/mol. The van der Waals surface area contributed by atoms with Crippen LogP contribution in [0.5, 0.6) is 0 Å². The fraction of sp³-hybridized carbons (Fsp3) is 1.00. The van der Waals surface area contributed by atoms with Crippen LogP contribution in [0.2, 0.25) is 0 Å². The average Bonchev–Trinajstić information content (AvgIpc) is 3.02. The Morgan fingerprint density at radius 1 is 0.667 bits per heavy atom. The largest absolute Gasteiger partial charge is 0.393 e. The molecule has 0 bridgehead atoms. The Hall–Kier alpha value is -0.0400. The van der Waals surface area contributed by atoms with Gasteiger partial charge in [0.2, 0.25) is 0 Å². The molecule has 174 valence electrons. The van der Waals surface area contributed by atoms with E-state index in [-0.39, 0.29) is 11.5 Å². The smallest absolute Gasteiger partial charge is 0.0593 e.